The van der Waals surface area contributed by atoms with Crippen molar-refractivity contribution in [2.75, 3.05) is 11.9 Å². The van der Waals surface area contributed by atoms with E-state index in [2.05, 4.69) is 43.3 Å². The fourth-order valence-electron chi connectivity index (χ4n) is 2.92. The average Bonchev–Trinajstić information content (AvgIpc) is 2.91. The van der Waals surface area contributed by atoms with Crippen LogP contribution in [-0.4, -0.2) is 7.05 Å². The van der Waals surface area contributed by atoms with Gasteiger partial charge in [0.2, 0.25) is 0 Å². The first-order valence-electron chi connectivity index (χ1n) is 7.54. The highest BCUT2D eigenvalue weighted by molar-refractivity contribution is 7.25. The summed E-state index contributed by atoms with van der Waals surface area (Å²) in [6.45, 7) is 2.12. The standard InChI is InChI=1S/C20H16FNS/c1-13-6-8-19-17(10-13)18-12-16(7-9-20(18)23-19)22(2)15-5-3-4-14(21)11-15/h3-12H,1-2H3. The van der Waals surface area contributed by atoms with E-state index in [0.29, 0.717) is 0 Å². The molecule has 0 aliphatic carbocycles. The molecule has 23 heavy (non-hydrogen) atoms. The summed E-state index contributed by atoms with van der Waals surface area (Å²) in [5, 5.41) is 2.55. The minimum Gasteiger partial charge on any atom is -0.345 e. The van der Waals surface area contributed by atoms with Gasteiger partial charge >= 0.3 is 0 Å². The number of halogens is 1. The van der Waals surface area contributed by atoms with Crippen LogP contribution in [0.5, 0.6) is 0 Å². The molecule has 0 unspecified atom stereocenters. The van der Waals surface area contributed by atoms with E-state index in [-0.39, 0.29) is 5.82 Å². The normalized spacial score (nSPS) is 11.3. The molecule has 0 N–H and O–H groups in total. The summed E-state index contributed by atoms with van der Waals surface area (Å²) in [5.41, 5.74) is 3.17. The number of hydrogen-bond acceptors (Lipinski definition) is 2. The van der Waals surface area contributed by atoms with Crippen LogP contribution < -0.4 is 4.90 Å². The summed E-state index contributed by atoms with van der Waals surface area (Å²) < 4.78 is 16.1. The van der Waals surface area contributed by atoms with Gasteiger partial charge in [-0.1, -0.05) is 17.7 Å². The van der Waals surface area contributed by atoms with Crippen LogP contribution in [0, 0.1) is 12.7 Å². The second-order valence-electron chi connectivity index (χ2n) is 5.82. The van der Waals surface area contributed by atoms with Gasteiger partial charge in [-0.2, -0.15) is 0 Å². The van der Waals surface area contributed by atoms with Crippen LogP contribution in [0.25, 0.3) is 20.2 Å². The zero-order valence-electron chi connectivity index (χ0n) is 13.0. The van der Waals surface area contributed by atoms with E-state index in [4.69, 9.17) is 0 Å². The molecule has 1 nitrogen and oxygen atoms in total. The summed E-state index contributed by atoms with van der Waals surface area (Å²) in [7, 11) is 1.97. The number of hydrogen-bond donors (Lipinski definition) is 0. The van der Waals surface area contributed by atoms with Gasteiger partial charge in [0.25, 0.3) is 0 Å². The zero-order chi connectivity index (χ0) is 16.0. The molecule has 1 aromatic heterocycles. The highest BCUT2D eigenvalue weighted by atomic mass is 32.1. The molecule has 3 heteroatoms. The minimum atomic E-state index is -0.216. The Morgan fingerprint density at radius 1 is 0.826 bits per heavy atom. The Bertz CT molecular complexity index is 1020. The fraction of sp³-hybridized carbons (Fsp3) is 0.100. The van der Waals surface area contributed by atoms with E-state index < -0.39 is 0 Å². The van der Waals surface area contributed by atoms with Gasteiger partial charge < -0.3 is 4.90 Å². The quantitative estimate of drug-likeness (QED) is 0.420. The molecule has 114 valence electrons. The number of anilines is 2. The number of thiophene rings is 1. The van der Waals surface area contributed by atoms with E-state index >= 15 is 0 Å². The predicted molar refractivity (Wildman–Crippen MR) is 98.5 cm³/mol. The maximum Gasteiger partial charge on any atom is 0.125 e. The summed E-state index contributed by atoms with van der Waals surface area (Å²) in [4.78, 5) is 2.02. The molecule has 4 rings (SSSR count). The Balaban J connectivity index is 1.87. The van der Waals surface area contributed by atoms with Gasteiger partial charge in [0, 0.05) is 38.6 Å². The van der Waals surface area contributed by atoms with Gasteiger partial charge in [0.1, 0.15) is 5.82 Å². The van der Waals surface area contributed by atoms with Gasteiger partial charge in [-0.25, -0.2) is 4.39 Å². The lowest BCUT2D eigenvalue weighted by atomic mass is 10.1. The van der Waals surface area contributed by atoms with Gasteiger partial charge in [-0.3, -0.25) is 0 Å². The molecular weight excluding hydrogens is 305 g/mol. The molecule has 1 heterocycles. The Morgan fingerprint density at radius 2 is 1.52 bits per heavy atom. The van der Waals surface area contributed by atoms with Crippen LogP contribution in [0.4, 0.5) is 15.8 Å². The van der Waals surface area contributed by atoms with Crippen molar-refractivity contribution in [1.29, 1.82) is 0 Å². The molecule has 0 radical (unpaired) electrons. The zero-order valence-corrected chi connectivity index (χ0v) is 13.8. The molecule has 3 aromatic carbocycles. The largest absolute Gasteiger partial charge is 0.345 e. The molecule has 0 aliphatic heterocycles. The first-order valence-corrected chi connectivity index (χ1v) is 8.36. The van der Waals surface area contributed by atoms with Crippen LogP contribution >= 0.6 is 11.3 Å². The van der Waals surface area contributed by atoms with Crippen LogP contribution in [0.1, 0.15) is 5.56 Å². The minimum absolute atomic E-state index is 0.216. The maximum absolute atomic E-state index is 13.5. The van der Waals surface area contributed by atoms with Gasteiger partial charge in [-0.05, 0) is 55.5 Å². The summed E-state index contributed by atoms with van der Waals surface area (Å²) in [6, 6.07) is 19.7. The van der Waals surface area contributed by atoms with E-state index in [0.717, 1.165) is 11.4 Å². The van der Waals surface area contributed by atoms with Crippen molar-refractivity contribution in [2.45, 2.75) is 6.92 Å². The molecule has 0 atom stereocenters. The number of nitrogens with zero attached hydrogens (tertiary/aromatic N) is 1. The second kappa shape index (κ2) is 5.36. The SMILES string of the molecule is Cc1ccc2sc3ccc(N(C)c4cccc(F)c4)cc3c2c1. The highest BCUT2D eigenvalue weighted by Crippen LogP contribution is 2.37. The smallest absolute Gasteiger partial charge is 0.125 e. The number of aryl methyl sites for hydroxylation is 1. The second-order valence-corrected chi connectivity index (χ2v) is 6.90. The van der Waals surface area contributed by atoms with Crippen LogP contribution in [0.3, 0.4) is 0 Å². The first kappa shape index (κ1) is 14.2. The van der Waals surface area contributed by atoms with Crippen molar-refractivity contribution < 1.29 is 4.39 Å². The molecule has 4 aromatic rings. The van der Waals surface area contributed by atoms with Crippen molar-refractivity contribution in [3.8, 4) is 0 Å². The molecule has 0 saturated carbocycles. The fourth-order valence-corrected chi connectivity index (χ4v) is 3.99. The predicted octanol–water partition coefficient (Wildman–Crippen LogP) is 6.27. The van der Waals surface area contributed by atoms with Crippen molar-refractivity contribution in [3.63, 3.8) is 0 Å². The van der Waals surface area contributed by atoms with E-state index in [9.17, 15) is 4.39 Å². The third-order valence-corrected chi connectivity index (χ3v) is 5.34. The van der Waals surface area contributed by atoms with Crippen LogP contribution in [0.2, 0.25) is 0 Å². The monoisotopic (exact) mass is 321 g/mol. The van der Waals surface area contributed by atoms with Crippen molar-refractivity contribution in [1.82, 2.24) is 0 Å². The molecule has 0 amide bonds. The van der Waals surface area contributed by atoms with Gasteiger partial charge in [0.15, 0.2) is 0 Å². The number of fused-ring (bicyclic) bond motifs is 3. The lowest BCUT2D eigenvalue weighted by molar-refractivity contribution is 0.628. The van der Waals surface area contributed by atoms with E-state index in [1.165, 1.54) is 31.8 Å². The molecular formula is C20H16FNS. The Morgan fingerprint density at radius 3 is 2.30 bits per heavy atom. The lowest BCUT2D eigenvalue weighted by Crippen LogP contribution is -2.09. The Hall–Kier alpha value is -2.39. The first-order chi connectivity index (χ1) is 11.1. The van der Waals surface area contributed by atoms with E-state index in [1.54, 1.807) is 12.1 Å². The Kier molecular flexibility index (Phi) is 3.31. The summed E-state index contributed by atoms with van der Waals surface area (Å²) in [6.07, 6.45) is 0. The third-order valence-electron chi connectivity index (χ3n) is 4.19. The van der Waals surface area contributed by atoms with Crippen molar-refractivity contribution in [3.05, 3.63) is 72.0 Å². The van der Waals surface area contributed by atoms with Gasteiger partial charge in [-0.15, -0.1) is 11.3 Å². The maximum atomic E-state index is 13.5. The highest BCUT2D eigenvalue weighted by Gasteiger charge is 2.09. The van der Waals surface area contributed by atoms with Gasteiger partial charge in [0.05, 0.1) is 0 Å². The molecule has 0 bridgehead atoms. The lowest BCUT2D eigenvalue weighted by Gasteiger charge is -2.19. The summed E-state index contributed by atoms with van der Waals surface area (Å²) in [5.74, 6) is -0.216. The number of benzene rings is 3. The topological polar surface area (TPSA) is 3.24 Å². The number of rotatable bonds is 2. The molecule has 0 aliphatic rings. The summed E-state index contributed by atoms with van der Waals surface area (Å²) >= 11 is 1.81. The van der Waals surface area contributed by atoms with Crippen LogP contribution in [-0.2, 0) is 0 Å². The van der Waals surface area contributed by atoms with Crippen molar-refractivity contribution >= 4 is 42.9 Å². The molecule has 0 spiro atoms. The molecule has 0 fully saturated rings. The third kappa shape index (κ3) is 2.47. The van der Waals surface area contributed by atoms with Crippen molar-refractivity contribution in [2.24, 2.45) is 0 Å². The van der Waals surface area contributed by atoms with Crippen LogP contribution in [0.15, 0.2) is 60.7 Å². The molecule has 0 saturated heterocycles. The Labute approximate surface area is 138 Å². The average molecular weight is 321 g/mol. The van der Waals surface area contributed by atoms with E-state index in [1.807, 2.05) is 29.4 Å².